The molecule has 0 aliphatic carbocycles. The van der Waals surface area contributed by atoms with Crippen LogP contribution in [0.1, 0.15) is 42.3 Å². The molecule has 1 atom stereocenters. The minimum Gasteiger partial charge on any atom is -0.489 e. The zero-order valence-corrected chi connectivity index (χ0v) is 20.7. The summed E-state index contributed by atoms with van der Waals surface area (Å²) in [6, 6.07) is 24.5. The van der Waals surface area contributed by atoms with Gasteiger partial charge < -0.3 is 19.5 Å². The Morgan fingerprint density at radius 2 is 1.42 bits per heavy atom. The predicted octanol–water partition coefficient (Wildman–Crippen LogP) is 5.13. The number of amides is 1. The van der Waals surface area contributed by atoms with Crippen molar-refractivity contribution in [1.29, 1.82) is 0 Å². The molecule has 0 spiro atoms. The summed E-state index contributed by atoms with van der Waals surface area (Å²) in [5, 5.41) is 2.57. The van der Waals surface area contributed by atoms with E-state index in [1.54, 1.807) is 63.2 Å². The van der Waals surface area contributed by atoms with E-state index in [9.17, 15) is 14.4 Å². The molecule has 0 saturated heterocycles. The number of ketones is 1. The fourth-order valence-corrected chi connectivity index (χ4v) is 3.29. The molecule has 0 radical (unpaired) electrons. The largest absolute Gasteiger partial charge is 0.489 e. The molecular weight excluding hydrogens is 458 g/mol. The van der Waals surface area contributed by atoms with Gasteiger partial charge in [-0.05, 0) is 44.0 Å². The van der Waals surface area contributed by atoms with Gasteiger partial charge in [-0.15, -0.1) is 0 Å². The molecule has 1 amide bonds. The molecule has 0 fully saturated rings. The lowest BCUT2D eigenvalue weighted by Crippen LogP contribution is -2.45. The zero-order valence-electron chi connectivity index (χ0n) is 20.7. The first-order valence-electron chi connectivity index (χ1n) is 11.7. The Morgan fingerprint density at radius 3 is 2.03 bits per heavy atom. The number of alkyl carbamates (subject to hydrolysis) is 1. The maximum absolute atomic E-state index is 12.8. The zero-order chi connectivity index (χ0) is 26.0. The van der Waals surface area contributed by atoms with Crippen molar-refractivity contribution >= 4 is 17.8 Å². The van der Waals surface area contributed by atoms with Crippen molar-refractivity contribution in [2.75, 3.05) is 6.61 Å². The van der Waals surface area contributed by atoms with Crippen molar-refractivity contribution in [2.24, 2.45) is 0 Å². The average molecular weight is 490 g/mol. The summed E-state index contributed by atoms with van der Waals surface area (Å²) in [6.07, 6.45) is -0.599. The fraction of sp³-hybridized carbons (Fsp3) is 0.276. The first-order valence-corrected chi connectivity index (χ1v) is 11.7. The number of hydrogen-bond acceptors (Lipinski definition) is 6. The summed E-state index contributed by atoms with van der Waals surface area (Å²) in [7, 11) is 0. The van der Waals surface area contributed by atoms with Crippen LogP contribution in [0.15, 0.2) is 84.9 Å². The number of ether oxygens (including phenoxy) is 3. The van der Waals surface area contributed by atoms with Gasteiger partial charge in [-0.25, -0.2) is 9.59 Å². The van der Waals surface area contributed by atoms with Crippen molar-refractivity contribution in [3.8, 4) is 5.75 Å². The molecule has 0 aliphatic heterocycles. The van der Waals surface area contributed by atoms with Crippen LogP contribution < -0.4 is 10.1 Å². The maximum atomic E-state index is 12.8. The first kappa shape index (κ1) is 26.5. The van der Waals surface area contributed by atoms with E-state index in [0.717, 1.165) is 11.1 Å². The van der Waals surface area contributed by atoms with Gasteiger partial charge in [-0.2, -0.15) is 0 Å². The summed E-state index contributed by atoms with van der Waals surface area (Å²) in [5.74, 6) is -0.385. The molecule has 7 heteroatoms. The molecule has 0 heterocycles. The molecule has 188 valence electrons. The monoisotopic (exact) mass is 489 g/mol. The second-order valence-corrected chi connectivity index (χ2v) is 9.22. The summed E-state index contributed by atoms with van der Waals surface area (Å²) < 4.78 is 16.4. The Morgan fingerprint density at radius 1 is 0.806 bits per heavy atom. The number of rotatable bonds is 10. The molecule has 3 aromatic rings. The van der Waals surface area contributed by atoms with Gasteiger partial charge in [-0.3, -0.25) is 4.79 Å². The number of carbonyl (C=O) groups is 3. The summed E-state index contributed by atoms with van der Waals surface area (Å²) in [6.45, 7) is 5.19. The normalized spacial score (nSPS) is 11.8. The smallest absolute Gasteiger partial charge is 0.408 e. The molecule has 36 heavy (non-hydrogen) atoms. The van der Waals surface area contributed by atoms with Crippen LogP contribution in [0.3, 0.4) is 0 Å². The third-order valence-electron chi connectivity index (χ3n) is 5.03. The molecule has 1 N–H and O–H groups in total. The van der Waals surface area contributed by atoms with Crippen molar-refractivity contribution < 1.29 is 28.6 Å². The Hall–Kier alpha value is -4.13. The van der Waals surface area contributed by atoms with Gasteiger partial charge in [0.2, 0.25) is 0 Å². The van der Waals surface area contributed by atoms with Crippen LogP contribution >= 0.6 is 0 Å². The quantitative estimate of drug-likeness (QED) is 0.314. The number of carbonyl (C=O) groups excluding carboxylic acids is 3. The van der Waals surface area contributed by atoms with Crippen molar-refractivity contribution in [3.05, 3.63) is 102 Å². The molecule has 7 nitrogen and oxygen atoms in total. The molecule has 1 unspecified atom stereocenters. The van der Waals surface area contributed by atoms with Gasteiger partial charge in [0.05, 0.1) is 0 Å². The Balaban J connectivity index is 1.63. The lowest BCUT2D eigenvalue weighted by molar-refractivity contribution is -0.145. The van der Waals surface area contributed by atoms with E-state index >= 15 is 0 Å². The van der Waals surface area contributed by atoms with Crippen molar-refractivity contribution in [2.45, 2.75) is 45.4 Å². The fourth-order valence-electron chi connectivity index (χ4n) is 3.29. The SMILES string of the molecule is CC(C)(C)OC(=O)NC(Cc1ccc(OCc2ccccc2)cc1)C(=O)OCC(=O)c1ccccc1. The molecule has 0 aromatic heterocycles. The van der Waals surface area contributed by atoms with Crippen LogP contribution in [-0.2, 0) is 27.3 Å². The third kappa shape index (κ3) is 8.91. The summed E-state index contributed by atoms with van der Waals surface area (Å²) in [4.78, 5) is 37.5. The highest BCUT2D eigenvalue weighted by atomic mass is 16.6. The number of Topliss-reactive ketones (excluding diaryl/α,β-unsaturated/α-hetero) is 1. The highest BCUT2D eigenvalue weighted by Crippen LogP contribution is 2.16. The van der Waals surface area contributed by atoms with Gasteiger partial charge in [0.15, 0.2) is 12.4 Å². The predicted molar refractivity (Wildman–Crippen MR) is 136 cm³/mol. The molecular formula is C29H31NO6. The van der Waals surface area contributed by atoms with Crippen LogP contribution in [0.5, 0.6) is 5.75 Å². The van der Waals surface area contributed by atoms with Gasteiger partial charge in [0.25, 0.3) is 0 Å². The molecule has 0 saturated carbocycles. The summed E-state index contributed by atoms with van der Waals surface area (Å²) in [5.41, 5.74) is 1.53. The van der Waals surface area contributed by atoms with E-state index in [4.69, 9.17) is 14.2 Å². The highest BCUT2D eigenvalue weighted by Gasteiger charge is 2.26. The van der Waals surface area contributed by atoms with Crippen LogP contribution in [-0.4, -0.2) is 36.1 Å². The van der Waals surface area contributed by atoms with Gasteiger partial charge >= 0.3 is 12.1 Å². The van der Waals surface area contributed by atoms with Gasteiger partial charge in [0.1, 0.15) is 24.0 Å². The molecule has 3 aromatic carbocycles. The minimum atomic E-state index is -1.04. The Kier molecular flexibility index (Phi) is 9.22. The molecule has 0 aliphatic rings. The van der Waals surface area contributed by atoms with Gasteiger partial charge in [-0.1, -0.05) is 72.8 Å². The van der Waals surface area contributed by atoms with E-state index in [0.29, 0.717) is 17.9 Å². The number of esters is 1. The van der Waals surface area contributed by atoms with E-state index in [2.05, 4.69) is 5.32 Å². The Bertz CT molecular complexity index is 1140. The van der Waals surface area contributed by atoms with Gasteiger partial charge in [0, 0.05) is 12.0 Å². The second kappa shape index (κ2) is 12.5. The van der Waals surface area contributed by atoms with E-state index < -0.39 is 30.3 Å². The highest BCUT2D eigenvalue weighted by molar-refractivity contribution is 5.98. The number of hydrogen-bond donors (Lipinski definition) is 1. The molecule has 0 bridgehead atoms. The van der Waals surface area contributed by atoms with E-state index in [1.807, 2.05) is 42.5 Å². The van der Waals surface area contributed by atoms with Crippen molar-refractivity contribution in [3.63, 3.8) is 0 Å². The van der Waals surface area contributed by atoms with Crippen LogP contribution in [0, 0.1) is 0 Å². The molecule has 3 rings (SSSR count). The topological polar surface area (TPSA) is 90.9 Å². The third-order valence-corrected chi connectivity index (χ3v) is 5.03. The Labute approximate surface area is 211 Å². The van der Waals surface area contributed by atoms with Crippen molar-refractivity contribution in [1.82, 2.24) is 5.32 Å². The maximum Gasteiger partial charge on any atom is 0.408 e. The lowest BCUT2D eigenvalue weighted by atomic mass is 10.1. The number of benzene rings is 3. The van der Waals surface area contributed by atoms with Crippen LogP contribution in [0.25, 0.3) is 0 Å². The lowest BCUT2D eigenvalue weighted by Gasteiger charge is -2.23. The van der Waals surface area contributed by atoms with E-state index in [1.165, 1.54) is 0 Å². The van der Waals surface area contributed by atoms with Crippen LogP contribution in [0.2, 0.25) is 0 Å². The number of nitrogens with one attached hydrogen (secondary N) is 1. The average Bonchev–Trinajstić information content (AvgIpc) is 2.86. The standard InChI is InChI=1S/C29H31NO6/c1-29(2,3)36-28(33)30-25(27(32)35-20-26(31)23-12-8-5-9-13-23)18-21-14-16-24(17-15-21)34-19-22-10-6-4-7-11-22/h4-17,25H,18-20H2,1-3H3,(H,30,33). The second-order valence-electron chi connectivity index (χ2n) is 9.22. The summed E-state index contributed by atoms with van der Waals surface area (Å²) >= 11 is 0. The minimum absolute atomic E-state index is 0.149. The van der Waals surface area contributed by atoms with Crippen LogP contribution in [0.4, 0.5) is 4.79 Å². The first-order chi connectivity index (χ1) is 17.2. The van der Waals surface area contributed by atoms with E-state index in [-0.39, 0.29) is 12.2 Å².